The summed E-state index contributed by atoms with van der Waals surface area (Å²) in [6, 6.07) is 23.4. The molecule has 0 unspecified atom stereocenters. The molecule has 0 radical (unpaired) electrons. The van der Waals surface area contributed by atoms with Gasteiger partial charge < -0.3 is 25.4 Å². The van der Waals surface area contributed by atoms with E-state index in [0.29, 0.717) is 48.4 Å². The Morgan fingerprint density at radius 2 is 1.67 bits per heavy atom. The van der Waals surface area contributed by atoms with E-state index in [4.69, 9.17) is 20.3 Å². The summed E-state index contributed by atoms with van der Waals surface area (Å²) in [5.74, 6) is 1.90. The van der Waals surface area contributed by atoms with Crippen LogP contribution in [0.15, 0.2) is 78.9 Å². The van der Waals surface area contributed by atoms with E-state index in [1.807, 2.05) is 86.1 Å². The monoisotopic (exact) mass is 605 g/mol. The largest absolute Gasteiger partial charge is 0.457 e. The molecule has 2 aliphatic heterocycles. The van der Waals surface area contributed by atoms with Gasteiger partial charge in [0.2, 0.25) is 0 Å². The first-order valence-electron chi connectivity index (χ1n) is 15.4. The third-order valence-electron chi connectivity index (χ3n) is 8.03. The molecule has 1 saturated heterocycles. The highest BCUT2D eigenvalue weighted by Crippen LogP contribution is 2.36. The number of piperidine rings is 1. The van der Waals surface area contributed by atoms with Crippen LogP contribution in [0.3, 0.4) is 0 Å². The topological polar surface area (TPSA) is 112 Å². The molecule has 45 heavy (non-hydrogen) atoms. The molecule has 3 heterocycles. The predicted octanol–water partition coefficient (Wildman–Crippen LogP) is 7.40. The third kappa shape index (κ3) is 7.03. The second-order valence-electron chi connectivity index (χ2n) is 12.6. The molecule has 0 bridgehead atoms. The summed E-state index contributed by atoms with van der Waals surface area (Å²) < 4.78 is 13.3. The summed E-state index contributed by atoms with van der Waals surface area (Å²) in [6.07, 6.45) is 6.73. The van der Waals surface area contributed by atoms with E-state index in [9.17, 15) is 9.59 Å². The highest BCUT2D eigenvalue weighted by Gasteiger charge is 2.27. The number of fused-ring (bicyclic) bond motifs is 2. The van der Waals surface area contributed by atoms with E-state index in [1.165, 1.54) is 0 Å². The van der Waals surface area contributed by atoms with Gasteiger partial charge in [0, 0.05) is 30.9 Å². The second kappa shape index (κ2) is 12.5. The molecule has 4 aromatic rings. The van der Waals surface area contributed by atoms with E-state index in [0.717, 1.165) is 47.4 Å². The number of nitrogens with zero attached hydrogens (tertiary/aromatic N) is 3. The van der Waals surface area contributed by atoms with Gasteiger partial charge in [0.1, 0.15) is 34.2 Å². The minimum absolute atomic E-state index is 0.235. The Bertz CT molecular complexity index is 1710. The molecule has 6 rings (SSSR count). The van der Waals surface area contributed by atoms with Gasteiger partial charge in [-0.25, -0.2) is 9.48 Å². The number of benzene rings is 3. The molecule has 9 heteroatoms. The Kier molecular flexibility index (Phi) is 8.34. The lowest BCUT2D eigenvalue weighted by Crippen LogP contribution is -2.41. The van der Waals surface area contributed by atoms with Crippen molar-refractivity contribution in [3.8, 4) is 22.8 Å². The maximum Gasteiger partial charge on any atom is 0.410 e. The van der Waals surface area contributed by atoms with Crippen LogP contribution in [0, 0.1) is 5.92 Å². The van der Waals surface area contributed by atoms with Crippen LogP contribution in [-0.4, -0.2) is 45.4 Å². The van der Waals surface area contributed by atoms with E-state index in [1.54, 1.807) is 4.90 Å². The number of allylic oxidation sites excluding steroid dienone is 1. The zero-order valence-corrected chi connectivity index (χ0v) is 26.0. The minimum Gasteiger partial charge on any atom is -0.457 e. The number of aryl methyl sites for hydroxylation is 2. The molecule has 9 nitrogen and oxygen atoms in total. The van der Waals surface area contributed by atoms with Crippen LogP contribution < -0.4 is 15.8 Å². The SMILES string of the molecule is CC(C)(C)OC(=O)N1CCC(/C=C/c2ccc3c(c2)CCn2nc(-c4ccc(Oc5ccccc5)cc4)c(C(N)=O)c2N3)CC1. The lowest BCUT2D eigenvalue weighted by molar-refractivity contribution is 0.0197. The average molecular weight is 606 g/mol. The summed E-state index contributed by atoms with van der Waals surface area (Å²) in [7, 11) is 0. The van der Waals surface area contributed by atoms with Crippen LogP contribution in [0.2, 0.25) is 0 Å². The van der Waals surface area contributed by atoms with Gasteiger partial charge in [-0.15, -0.1) is 0 Å². The number of aromatic nitrogens is 2. The van der Waals surface area contributed by atoms with Crippen molar-refractivity contribution < 1.29 is 19.1 Å². The number of hydrogen-bond acceptors (Lipinski definition) is 6. The van der Waals surface area contributed by atoms with Gasteiger partial charge in [0.15, 0.2) is 0 Å². The molecule has 3 aromatic carbocycles. The quantitative estimate of drug-likeness (QED) is 0.237. The first-order chi connectivity index (χ1) is 21.6. The molecule has 1 aromatic heterocycles. The highest BCUT2D eigenvalue weighted by atomic mass is 16.6. The number of likely N-dealkylation sites (tertiary alicyclic amines) is 1. The van der Waals surface area contributed by atoms with Crippen molar-refractivity contribution in [1.82, 2.24) is 14.7 Å². The van der Waals surface area contributed by atoms with Crippen LogP contribution >= 0.6 is 0 Å². The molecule has 0 aliphatic carbocycles. The maximum atomic E-state index is 12.7. The standard InChI is InChI=1S/C36H39N5O4/c1-36(2,3)45-35(43)40-20-17-24(18-21-40)9-10-25-11-16-30-27(23-25)19-22-41-34(38-30)31(33(37)42)32(39-41)26-12-14-29(15-13-26)44-28-7-5-4-6-8-28/h4-16,23-24,38H,17-22H2,1-3H3,(H2,37,42)/b10-9+. The Labute approximate surface area is 263 Å². The van der Waals surface area contributed by atoms with E-state index in [-0.39, 0.29) is 6.09 Å². The van der Waals surface area contributed by atoms with Crippen molar-refractivity contribution >= 4 is 29.6 Å². The van der Waals surface area contributed by atoms with E-state index < -0.39 is 11.5 Å². The number of ether oxygens (including phenoxy) is 2. The zero-order valence-electron chi connectivity index (χ0n) is 26.0. The normalized spacial score (nSPS) is 15.1. The fraction of sp³-hybridized carbons (Fsp3) is 0.306. The second-order valence-corrected chi connectivity index (χ2v) is 12.6. The van der Waals surface area contributed by atoms with Gasteiger partial charge in [0.05, 0.1) is 0 Å². The fourth-order valence-electron chi connectivity index (χ4n) is 5.74. The molecule has 232 valence electrons. The van der Waals surface area contributed by atoms with Crippen molar-refractivity contribution in [2.24, 2.45) is 11.7 Å². The highest BCUT2D eigenvalue weighted by molar-refractivity contribution is 6.04. The zero-order chi connectivity index (χ0) is 31.6. The van der Waals surface area contributed by atoms with Gasteiger partial charge in [-0.3, -0.25) is 4.79 Å². The number of nitrogens with one attached hydrogen (secondary N) is 1. The van der Waals surface area contributed by atoms with E-state index in [2.05, 4.69) is 29.6 Å². The summed E-state index contributed by atoms with van der Waals surface area (Å²) in [5.41, 5.74) is 10.3. The van der Waals surface area contributed by atoms with Crippen LogP contribution in [0.1, 0.15) is 55.1 Å². The molecular weight excluding hydrogens is 566 g/mol. The predicted molar refractivity (Wildman–Crippen MR) is 176 cm³/mol. The first-order valence-corrected chi connectivity index (χ1v) is 15.4. The minimum atomic E-state index is -0.538. The lowest BCUT2D eigenvalue weighted by Gasteiger charge is -2.32. The third-order valence-corrected chi connectivity index (χ3v) is 8.03. The number of anilines is 2. The summed E-state index contributed by atoms with van der Waals surface area (Å²) in [4.78, 5) is 26.9. The average Bonchev–Trinajstić information content (AvgIpc) is 3.28. The van der Waals surface area contributed by atoms with E-state index >= 15 is 0 Å². The smallest absolute Gasteiger partial charge is 0.410 e. The number of carbonyl (C=O) groups excluding carboxylic acids is 2. The molecule has 0 atom stereocenters. The maximum absolute atomic E-state index is 12.7. The molecule has 2 amide bonds. The van der Waals surface area contributed by atoms with Gasteiger partial charge in [-0.05, 0) is 106 Å². The van der Waals surface area contributed by atoms with Gasteiger partial charge >= 0.3 is 6.09 Å². The molecule has 3 N–H and O–H groups in total. The van der Waals surface area contributed by atoms with Crippen molar-refractivity contribution in [3.05, 3.63) is 95.6 Å². The molecule has 1 fully saturated rings. The fourth-order valence-corrected chi connectivity index (χ4v) is 5.74. The van der Waals surface area contributed by atoms with Crippen molar-refractivity contribution in [3.63, 3.8) is 0 Å². The number of nitrogens with two attached hydrogens (primary N) is 1. The Morgan fingerprint density at radius 1 is 0.956 bits per heavy atom. The van der Waals surface area contributed by atoms with Gasteiger partial charge in [-0.1, -0.05) is 36.4 Å². The summed E-state index contributed by atoms with van der Waals surface area (Å²) >= 11 is 0. The summed E-state index contributed by atoms with van der Waals surface area (Å²) in [5, 5.41) is 8.27. The van der Waals surface area contributed by atoms with Gasteiger partial charge in [0.25, 0.3) is 5.91 Å². The summed E-state index contributed by atoms with van der Waals surface area (Å²) in [6.45, 7) is 7.66. The Morgan fingerprint density at radius 3 is 2.36 bits per heavy atom. The van der Waals surface area contributed by atoms with Gasteiger partial charge in [-0.2, -0.15) is 5.10 Å². The Hall–Kier alpha value is -5.05. The molecule has 2 aliphatic rings. The molecular formula is C36H39N5O4. The van der Waals surface area contributed by atoms with Crippen LogP contribution in [0.25, 0.3) is 17.3 Å². The van der Waals surface area contributed by atoms with Crippen LogP contribution in [0.5, 0.6) is 11.5 Å². The Balaban J connectivity index is 1.14. The van der Waals surface area contributed by atoms with Crippen LogP contribution in [-0.2, 0) is 17.7 Å². The number of primary amides is 1. The molecule has 0 spiro atoms. The van der Waals surface area contributed by atoms with Crippen molar-refractivity contribution in [2.45, 2.75) is 52.2 Å². The first kappa shape index (κ1) is 30.0. The number of carbonyl (C=O) groups is 2. The van der Waals surface area contributed by atoms with Crippen molar-refractivity contribution in [2.75, 3.05) is 18.4 Å². The number of rotatable bonds is 6. The number of para-hydroxylation sites is 1. The molecule has 0 saturated carbocycles. The lowest BCUT2D eigenvalue weighted by atomic mass is 9.95. The number of amides is 2. The number of hydrogen-bond donors (Lipinski definition) is 2. The van der Waals surface area contributed by atoms with Crippen LogP contribution in [0.4, 0.5) is 16.3 Å². The van der Waals surface area contributed by atoms with Crippen molar-refractivity contribution in [1.29, 1.82) is 0 Å².